The molecule has 2 aromatic carbocycles. The van der Waals surface area contributed by atoms with E-state index in [1.165, 1.54) is 4.57 Å². The fraction of sp³-hybridized carbons (Fsp3) is 0.333. The number of nitrogens with zero attached hydrogens (tertiary/aromatic N) is 2. The number of rotatable bonds is 6. The van der Waals surface area contributed by atoms with Gasteiger partial charge in [0, 0.05) is 6.04 Å². The van der Waals surface area contributed by atoms with Gasteiger partial charge in [0.1, 0.15) is 0 Å². The highest BCUT2D eigenvalue weighted by molar-refractivity contribution is 6.37. The van der Waals surface area contributed by atoms with Gasteiger partial charge >= 0.3 is 12.1 Å². The predicted octanol–water partition coefficient (Wildman–Crippen LogP) is 5.54. The van der Waals surface area contributed by atoms with Crippen LogP contribution >= 0.6 is 35.6 Å². The van der Waals surface area contributed by atoms with Crippen molar-refractivity contribution in [2.45, 2.75) is 47.3 Å². The summed E-state index contributed by atoms with van der Waals surface area (Å²) in [6, 6.07) is 6.31. The van der Waals surface area contributed by atoms with E-state index in [0.717, 1.165) is 0 Å². The number of hydrogen-bond donors (Lipinski definition) is 1. The van der Waals surface area contributed by atoms with Crippen LogP contribution in [-0.4, -0.2) is 34.3 Å². The molecule has 188 valence electrons. The van der Waals surface area contributed by atoms with Crippen molar-refractivity contribution in [3.05, 3.63) is 67.2 Å². The number of amides is 1. The Hall–Kier alpha value is -2.81. The van der Waals surface area contributed by atoms with E-state index in [0.29, 0.717) is 22.2 Å². The fourth-order valence-corrected chi connectivity index (χ4v) is 4.26. The zero-order valence-electron chi connectivity index (χ0n) is 19.9. The molecule has 1 heterocycles. The molecular formula is C24H26Cl3N3O5. The molecule has 0 aliphatic carbocycles. The predicted molar refractivity (Wildman–Crippen MR) is 138 cm³/mol. The number of benzene rings is 2. The first kappa shape index (κ1) is 28.4. The average molecular weight is 543 g/mol. The Bertz CT molecular complexity index is 1320. The maximum atomic E-state index is 13.8. The molecule has 0 saturated heterocycles. The zero-order valence-corrected chi connectivity index (χ0v) is 22.2. The maximum Gasteiger partial charge on any atom is 0.407 e. The van der Waals surface area contributed by atoms with Crippen LogP contribution in [0.2, 0.25) is 10.0 Å². The van der Waals surface area contributed by atoms with Crippen molar-refractivity contribution in [2.75, 3.05) is 6.61 Å². The highest BCUT2D eigenvalue weighted by Gasteiger charge is 2.24. The van der Waals surface area contributed by atoms with Crippen molar-refractivity contribution in [1.29, 1.82) is 0 Å². The fourth-order valence-electron chi connectivity index (χ4n) is 3.69. The number of fused-ring (bicyclic) bond motifs is 1. The van der Waals surface area contributed by atoms with Gasteiger partial charge in [0.05, 0.1) is 38.8 Å². The maximum absolute atomic E-state index is 13.8. The van der Waals surface area contributed by atoms with E-state index >= 15 is 0 Å². The molecule has 0 atom stereocenters. The minimum absolute atomic E-state index is 0. The SMILES string of the molecule is CCOC(=O)c1c(C)cc2nc(COC(=O)NC(C)C)n(-c3c(Cl)cccc3Cl)c(=O)c2c1C.Cl. The Morgan fingerprint density at radius 3 is 2.34 bits per heavy atom. The van der Waals surface area contributed by atoms with E-state index in [9.17, 15) is 14.4 Å². The number of carbonyl (C=O) groups excluding carboxylic acids is 2. The standard InChI is InChI=1S/C24H25Cl2N3O5.ClH/c1-6-33-23(31)19-13(4)10-17-20(14(19)5)22(30)29(21-15(25)8-7-9-16(21)26)18(28-17)11-34-24(32)27-12(2)3;/h7-10,12H,6,11H2,1-5H3,(H,27,32);1H. The first-order chi connectivity index (χ1) is 16.1. The summed E-state index contributed by atoms with van der Waals surface area (Å²) in [6.07, 6.45) is -0.661. The molecule has 35 heavy (non-hydrogen) atoms. The topological polar surface area (TPSA) is 99.5 Å². The summed E-state index contributed by atoms with van der Waals surface area (Å²) in [7, 11) is 0. The molecule has 0 radical (unpaired) electrons. The summed E-state index contributed by atoms with van der Waals surface area (Å²) < 4.78 is 11.7. The first-order valence-corrected chi connectivity index (χ1v) is 11.4. The molecule has 8 nitrogen and oxygen atoms in total. The number of nitrogens with one attached hydrogen (secondary N) is 1. The van der Waals surface area contributed by atoms with E-state index in [-0.39, 0.29) is 58.6 Å². The van der Waals surface area contributed by atoms with Crippen LogP contribution in [0.4, 0.5) is 4.79 Å². The lowest BCUT2D eigenvalue weighted by Crippen LogP contribution is -2.32. The molecule has 0 saturated carbocycles. The van der Waals surface area contributed by atoms with Gasteiger partial charge in [-0.15, -0.1) is 12.4 Å². The third-order valence-corrected chi connectivity index (χ3v) is 5.67. The Balaban J connectivity index is 0.00000432. The summed E-state index contributed by atoms with van der Waals surface area (Å²) in [6.45, 7) is 8.58. The van der Waals surface area contributed by atoms with Gasteiger partial charge in [-0.2, -0.15) is 0 Å². The summed E-state index contributed by atoms with van der Waals surface area (Å²) in [5.41, 5.74) is 1.36. The Labute approximate surface area is 218 Å². The number of carbonyl (C=O) groups is 2. The number of alkyl carbamates (subject to hydrolysis) is 1. The lowest BCUT2D eigenvalue weighted by molar-refractivity contribution is 0.0525. The van der Waals surface area contributed by atoms with Gasteiger partial charge < -0.3 is 14.8 Å². The molecule has 11 heteroatoms. The second-order valence-electron chi connectivity index (χ2n) is 7.92. The lowest BCUT2D eigenvalue weighted by Gasteiger charge is -2.18. The lowest BCUT2D eigenvalue weighted by atomic mass is 9.98. The molecule has 0 aliphatic rings. The summed E-state index contributed by atoms with van der Waals surface area (Å²) >= 11 is 12.8. The van der Waals surface area contributed by atoms with Crippen LogP contribution in [0.1, 0.15) is 48.1 Å². The molecule has 1 aromatic heterocycles. The van der Waals surface area contributed by atoms with Gasteiger partial charge in [-0.1, -0.05) is 29.3 Å². The Morgan fingerprint density at radius 1 is 1.14 bits per heavy atom. The number of hydrogen-bond acceptors (Lipinski definition) is 6. The van der Waals surface area contributed by atoms with Crippen molar-refractivity contribution in [2.24, 2.45) is 0 Å². The minimum atomic E-state index is -0.661. The molecule has 0 bridgehead atoms. The highest BCUT2D eigenvalue weighted by Crippen LogP contribution is 2.30. The monoisotopic (exact) mass is 541 g/mol. The normalized spacial score (nSPS) is 10.7. The van der Waals surface area contributed by atoms with Crippen molar-refractivity contribution < 1.29 is 19.1 Å². The Morgan fingerprint density at radius 2 is 1.77 bits per heavy atom. The number of aryl methyl sites for hydroxylation is 2. The average Bonchev–Trinajstić information content (AvgIpc) is 2.73. The van der Waals surface area contributed by atoms with Crippen LogP contribution in [-0.2, 0) is 16.1 Å². The van der Waals surface area contributed by atoms with Gasteiger partial charge in [0.15, 0.2) is 12.4 Å². The van der Waals surface area contributed by atoms with Gasteiger partial charge in [-0.25, -0.2) is 14.6 Å². The van der Waals surface area contributed by atoms with Crippen LogP contribution in [0.25, 0.3) is 16.6 Å². The van der Waals surface area contributed by atoms with Crippen LogP contribution in [0.15, 0.2) is 29.1 Å². The molecule has 0 aliphatic heterocycles. The van der Waals surface area contributed by atoms with Crippen molar-refractivity contribution in [3.63, 3.8) is 0 Å². The number of ether oxygens (including phenoxy) is 2. The minimum Gasteiger partial charge on any atom is -0.462 e. The van der Waals surface area contributed by atoms with Crippen molar-refractivity contribution in [3.8, 4) is 5.69 Å². The first-order valence-electron chi connectivity index (χ1n) is 10.7. The number of aromatic nitrogens is 2. The summed E-state index contributed by atoms with van der Waals surface area (Å²) in [5, 5.41) is 3.24. The number of para-hydroxylation sites is 1. The van der Waals surface area contributed by atoms with Crippen LogP contribution in [0.3, 0.4) is 0 Å². The van der Waals surface area contributed by atoms with E-state index < -0.39 is 17.6 Å². The second-order valence-corrected chi connectivity index (χ2v) is 8.74. The largest absolute Gasteiger partial charge is 0.462 e. The highest BCUT2D eigenvalue weighted by atomic mass is 35.5. The molecule has 1 amide bonds. The van der Waals surface area contributed by atoms with Gasteiger partial charge in [0.25, 0.3) is 5.56 Å². The molecule has 3 rings (SSSR count). The van der Waals surface area contributed by atoms with Crippen molar-refractivity contribution >= 4 is 58.6 Å². The second kappa shape index (κ2) is 11.7. The van der Waals surface area contributed by atoms with Gasteiger partial charge in [-0.05, 0) is 63.9 Å². The third kappa shape index (κ3) is 5.89. The molecule has 0 fully saturated rings. The van der Waals surface area contributed by atoms with E-state index in [2.05, 4.69) is 10.3 Å². The summed E-state index contributed by atoms with van der Waals surface area (Å²) in [4.78, 5) is 43.1. The van der Waals surface area contributed by atoms with Gasteiger partial charge in [-0.3, -0.25) is 9.36 Å². The zero-order chi connectivity index (χ0) is 25.2. The quantitative estimate of drug-likeness (QED) is 0.411. The van der Waals surface area contributed by atoms with Crippen molar-refractivity contribution in [1.82, 2.24) is 14.9 Å². The molecular weight excluding hydrogens is 517 g/mol. The van der Waals surface area contributed by atoms with E-state index in [4.69, 9.17) is 32.7 Å². The number of esters is 1. The smallest absolute Gasteiger partial charge is 0.407 e. The molecule has 1 N–H and O–H groups in total. The molecule has 3 aromatic rings. The van der Waals surface area contributed by atoms with Crippen LogP contribution in [0, 0.1) is 13.8 Å². The van der Waals surface area contributed by atoms with Crippen LogP contribution in [0.5, 0.6) is 0 Å². The Kier molecular flexibility index (Phi) is 9.54. The number of halogens is 3. The van der Waals surface area contributed by atoms with Gasteiger partial charge in [0.2, 0.25) is 0 Å². The van der Waals surface area contributed by atoms with E-state index in [1.807, 2.05) is 0 Å². The van der Waals surface area contributed by atoms with E-state index in [1.54, 1.807) is 58.9 Å². The molecule has 0 spiro atoms. The third-order valence-electron chi connectivity index (χ3n) is 5.06. The van der Waals surface area contributed by atoms with Crippen LogP contribution < -0.4 is 10.9 Å². The molecule has 0 unspecified atom stereocenters. The summed E-state index contributed by atoms with van der Waals surface area (Å²) in [5.74, 6) is -0.409.